The number of nitrogens with zero attached hydrogens (tertiary/aromatic N) is 2. The van der Waals surface area contributed by atoms with Crippen molar-refractivity contribution in [2.75, 3.05) is 6.61 Å². The minimum atomic E-state index is -4.96. The molecule has 0 N–H and O–H groups in total. The molecule has 1 aromatic heterocycles. The van der Waals surface area contributed by atoms with Crippen LogP contribution in [0.5, 0.6) is 0 Å². The number of rotatable bonds is 4. The van der Waals surface area contributed by atoms with Gasteiger partial charge in [0.05, 0.1) is 22.9 Å². The second kappa shape index (κ2) is 7.08. The molecule has 0 radical (unpaired) electrons. The van der Waals surface area contributed by atoms with Gasteiger partial charge in [0.1, 0.15) is 11.5 Å². The highest BCUT2D eigenvalue weighted by Gasteiger charge is 2.35. The molecule has 1 heterocycles. The fourth-order valence-electron chi connectivity index (χ4n) is 2.54. The maximum atomic E-state index is 14.4. The Morgan fingerprint density at radius 3 is 2.46 bits per heavy atom. The van der Waals surface area contributed by atoms with Crippen molar-refractivity contribution >= 4 is 17.6 Å². The molecule has 1 aromatic carbocycles. The first kappa shape index (κ1) is 20.1. The number of ether oxygens (including phenoxy) is 1. The van der Waals surface area contributed by atoms with Gasteiger partial charge >= 0.3 is 17.8 Å². The van der Waals surface area contributed by atoms with Crippen LogP contribution in [0.4, 0.5) is 17.6 Å². The van der Waals surface area contributed by atoms with Crippen molar-refractivity contribution < 1.29 is 27.1 Å². The molecule has 150 valence electrons. The molecule has 0 aliphatic heterocycles. The van der Waals surface area contributed by atoms with Gasteiger partial charge in [-0.15, -0.1) is 0 Å². The van der Waals surface area contributed by atoms with Crippen molar-refractivity contribution in [1.82, 2.24) is 9.13 Å². The van der Waals surface area contributed by atoms with Gasteiger partial charge in [0.2, 0.25) is 0 Å². The van der Waals surface area contributed by atoms with E-state index >= 15 is 0 Å². The Labute approximate surface area is 159 Å². The monoisotopic (exact) mass is 420 g/mol. The van der Waals surface area contributed by atoms with Crippen LogP contribution in [0.3, 0.4) is 0 Å². The lowest BCUT2D eigenvalue weighted by Gasteiger charge is -2.15. The average molecular weight is 421 g/mol. The number of hydrogen-bond donors (Lipinski definition) is 0. The fourth-order valence-corrected chi connectivity index (χ4v) is 2.77. The predicted octanol–water partition coefficient (Wildman–Crippen LogP) is 2.91. The van der Waals surface area contributed by atoms with Crippen molar-refractivity contribution in [3.63, 3.8) is 0 Å². The Kier molecular flexibility index (Phi) is 5.09. The van der Waals surface area contributed by atoms with Crippen molar-refractivity contribution in [3.05, 3.63) is 61.1 Å². The zero-order valence-electron chi connectivity index (χ0n) is 14.3. The summed E-state index contributed by atoms with van der Waals surface area (Å²) < 4.78 is 58.6. The molecular formula is C17H13ClF4N2O4. The first-order chi connectivity index (χ1) is 13.0. The predicted molar refractivity (Wildman–Crippen MR) is 90.3 cm³/mol. The minimum absolute atomic E-state index is 0.143. The Bertz CT molecular complexity index is 1070. The largest absolute Gasteiger partial charge is 0.462 e. The molecule has 2 aromatic rings. The van der Waals surface area contributed by atoms with Crippen LogP contribution < -0.4 is 11.2 Å². The highest BCUT2D eigenvalue weighted by Crippen LogP contribution is 2.30. The van der Waals surface area contributed by atoms with Gasteiger partial charge in [0, 0.05) is 13.1 Å². The summed E-state index contributed by atoms with van der Waals surface area (Å²) in [6.07, 6.45) is -3.14. The minimum Gasteiger partial charge on any atom is -0.462 e. The van der Waals surface area contributed by atoms with Gasteiger partial charge in [0.15, 0.2) is 0 Å². The summed E-state index contributed by atoms with van der Waals surface area (Å²) in [4.78, 5) is 36.6. The Balaban J connectivity index is 2.12. The third-order valence-electron chi connectivity index (χ3n) is 4.25. The van der Waals surface area contributed by atoms with E-state index in [0.29, 0.717) is 6.07 Å². The highest BCUT2D eigenvalue weighted by atomic mass is 35.5. The molecule has 1 saturated carbocycles. The quantitative estimate of drug-likeness (QED) is 0.563. The number of alkyl halides is 3. The van der Waals surface area contributed by atoms with E-state index in [2.05, 4.69) is 0 Å². The zero-order chi connectivity index (χ0) is 20.8. The molecule has 6 nitrogen and oxygen atoms in total. The fraction of sp³-hybridized carbons (Fsp3) is 0.353. The van der Waals surface area contributed by atoms with Crippen LogP contribution in [0.1, 0.15) is 28.9 Å². The van der Waals surface area contributed by atoms with Gasteiger partial charge in [-0.25, -0.2) is 18.5 Å². The number of benzene rings is 1. The van der Waals surface area contributed by atoms with E-state index in [1.807, 2.05) is 0 Å². The molecule has 0 amide bonds. The molecule has 1 aliphatic carbocycles. The molecule has 28 heavy (non-hydrogen) atoms. The molecule has 0 unspecified atom stereocenters. The van der Waals surface area contributed by atoms with Crippen LogP contribution in [0.15, 0.2) is 27.8 Å². The van der Waals surface area contributed by atoms with E-state index in [9.17, 15) is 31.9 Å². The van der Waals surface area contributed by atoms with E-state index in [0.717, 1.165) is 26.0 Å². The SMILES string of the molecule is Cn1c(C(F)(F)F)cc(=O)n(-c2cc(C(=O)OCC3CC3)c(Cl)cc2F)c1=O. The normalized spacial score (nSPS) is 14.2. The summed E-state index contributed by atoms with van der Waals surface area (Å²) in [5, 5.41) is -0.321. The third kappa shape index (κ3) is 3.82. The average Bonchev–Trinajstić information content (AvgIpc) is 3.41. The van der Waals surface area contributed by atoms with E-state index in [-0.39, 0.29) is 38.3 Å². The summed E-state index contributed by atoms with van der Waals surface area (Å²) in [5.74, 6) is -1.81. The van der Waals surface area contributed by atoms with E-state index in [1.165, 1.54) is 0 Å². The zero-order valence-corrected chi connectivity index (χ0v) is 15.1. The lowest BCUT2D eigenvalue weighted by molar-refractivity contribution is -0.144. The Hall–Kier alpha value is -2.62. The molecule has 0 spiro atoms. The van der Waals surface area contributed by atoms with Crippen LogP contribution in [-0.2, 0) is 18.0 Å². The standard InChI is InChI=1S/C17H13ClF4N2O4/c1-23-13(17(20,21)22)6-14(25)24(16(23)27)12-4-9(10(18)5-11(12)19)15(26)28-7-8-2-3-8/h4-6,8H,2-3,7H2,1H3. The first-order valence-corrected chi connectivity index (χ1v) is 8.45. The van der Waals surface area contributed by atoms with E-state index in [4.69, 9.17) is 16.3 Å². The van der Waals surface area contributed by atoms with Gasteiger partial charge in [-0.2, -0.15) is 13.2 Å². The van der Waals surface area contributed by atoms with Crippen LogP contribution in [0, 0.1) is 11.7 Å². The van der Waals surface area contributed by atoms with E-state index < -0.39 is 40.6 Å². The smallest absolute Gasteiger partial charge is 0.431 e. The van der Waals surface area contributed by atoms with Crippen LogP contribution in [0.25, 0.3) is 5.69 Å². The lowest BCUT2D eigenvalue weighted by atomic mass is 10.2. The number of aromatic nitrogens is 2. The number of carbonyl (C=O) groups excluding carboxylic acids is 1. The Morgan fingerprint density at radius 2 is 1.89 bits per heavy atom. The second-order valence-corrected chi connectivity index (χ2v) is 6.78. The summed E-state index contributed by atoms with van der Waals surface area (Å²) in [6, 6.07) is 1.66. The van der Waals surface area contributed by atoms with E-state index in [1.54, 1.807) is 0 Å². The van der Waals surface area contributed by atoms with Crippen molar-refractivity contribution in [2.45, 2.75) is 19.0 Å². The number of halogens is 5. The van der Waals surface area contributed by atoms with Gasteiger partial charge in [-0.1, -0.05) is 11.6 Å². The maximum absolute atomic E-state index is 14.4. The number of esters is 1. The molecular weight excluding hydrogens is 408 g/mol. The van der Waals surface area contributed by atoms with Crippen LogP contribution >= 0.6 is 11.6 Å². The maximum Gasteiger partial charge on any atom is 0.431 e. The summed E-state index contributed by atoms with van der Waals surface area (Å²) in [7, 11) is 0.791. The Morgan fingerprint density at radius 1 is 1.25 bits per heavy atom. The van der Waals surface area contributed by atoms with Crippen molar-refractivity contribution in [1.29, 1.82) is 0 Å². The number of hydrogen-bond acceptors (Lipinski definition) is 4. The van der Waals surface area contributed by atoms with Gasteiger partial charge < -0.3 is 4.74 Å². The van der Waals surface area contributed by atoms with Gasteiger partial charge in [0.25, 0.3) is 5.56 Å². The van der Waals surface area contributed by atoms with Crippen molar-refractivity contribution in [2.24, 2.45) is 13.0 Å². The molecule has 0 atom stereocenters. The molecule has 0 saturated heterocycles. The first-order valence-electron chi connectivity index (χ1n) is 8.07. The highest BCUT2D eigenvalue weighted by molar-refractivity contribution is 6.33. The lowest BCUT2D eigenvalue weighted by Crippen LogP contribution is -2.41. The van der Waals surface area contributed by atoms with Gasteiger partial charge in [-0.05, 0) is 30.9 Å². The van der Waals surface area contributed by atoms with Crippen LogP contribution in [0.2, 0.25) is 5.02 Å². The third-order valence-corrected chi connectivity index (χ3v) is 4.57. The van der Waals surface area contributed by atoms with Crippen molar-refractivity contribution in [3.8, 4) is 5.69 Å². The molecule has 11 heteroatoms. The molecule has 0 bridgehead atoms. The topological polar surface area (TPSA) is 70.3 Å². The van der Waals surface area contributed by atoms with Gasteiger partial charge in [-0.3, -0.25) is 9.36 Å². The summed E-state index contributed by atoms with van der Waals surface area (Å²) in [6.45, 7) is 0.143. The number of carbonyl (C=O) groups is 1. The summed E-state index contributed by atoms with van der Waals surface area (Å²) in [5.41, 5.74) is -5.35. The molecule has 3 rings (SSSR count). The summed E-state index contributed by atoms with van der Waals surface area (Å²) >= 11 is 5.85. The van der Waals surface area contributed by atoms with Crippen LogP contribution in [-0.4, -0.2) is 21.7 Å². The second-order valence-electron chi connectivity index (χ2n) is 6.37. The molecule has 1 aliphatic rings. The molecule has 1 fully saturated rings.